The third-order valence-electron chi connectivity index (χ3n) is 5.00. The number of allylic oxidation sites excluding steroid dienone is 1. The first kappa shape index (κ1) is 26.3. The molecule has 0 unspecified atom stereocenters. The van der Waals surface area contributed by atoms with Gasteiger partial charge in [-0.25, -0.2) is 4.79 Å². The summed E-state index contributed by atoms with van der Waals surface area (Å²) in [5.74, 6) is -0.251. The maximum atomic E-state index is 12.5. The smallest absolute Gasteiger partial charge is 0.412 e. The van der Waals surface area contributed by atoms with Crippen molar-refractivity contribution in [3.8, 4) is 5.75 Å². The molecule has 0 bridgehead atoms. The molecule has 1 atom stereocenters. The minimum absolute atomic E-state index is 0.0324. The van der Waals surface area contributed by atoms with E-state index in [4.69, 9.17) is 10.5 Å². The molecule has 3 aromatic rings. The molecule has 0 saturated carbocycles. The predicted octanol–water partition coefficient (Wildman–Crippen LogP) is 7.15. The number of nitrogens with two attached hydrogens (primary N) is 1. The minimum Gasteiger partial charge on any atom is -0.508 e. The second-order valence-corrected chi connectivity index (χ2v) is 9.47. The van der Waals surface area contributed by atoms with Gasteiger partial charge < -0.3 is 20.9 Å². The van der Waals surface area contributed by atoms with E-state index in [0.29, 0.717) is 41.9 Å². The van der Waals surface area contributed by atoms with Crippen LogP contribution in [0.4, 0.5) is 21.9 Å². The molecule has 35 heavy (non-hydrogen) atoms. The zero-order valence-electron chi connectivity index (χ0n) is 18.7. The fourth-order valence-electron chi connectivity index (χ4n) is 3.27. The number of halogens is 2. The first-order valence-electron chi connectivity index (χ1n) is 10.9. The summed E-state index contributed by atoms with van der Waals surface area (Å²) in [6.45, 7) is 0. The van der Waals surface area contributed by atoms with E-state index in [9.17, 15) is 14.7 Å². The fraction of sp³-hybridized carbons (Fsp3) is 0.154. The summed E-state index contributed by atoms with van der Waals surface area (Å²) in [7, 11) is 0. The SMILES string of the molecule is Nc1ccccc1NC(=O)/C=C/CCC[C@@H](OC(=O)Nc1ccc(Br)cc1)c1cc(Br)ccc1O. The number of hydrogen-bond donors (Lipinski definition) is 4. The topological polar surface area (TPSA) is 114 Å². The average Bonchev–Trinajstić information content (AvgIpc) is 2.82. The van der Waals surface area contributed by atoms with Gasteiger partial charge in [0.05, 0.1) is 11.4 Å². The Hall–Kier alpha value is -3.30. The standard InChI is InChI=1S/C26H25Br2N3O4/c27-17-10-13-19(14-11-17)30-26(34)35-24(20-16-18(28)12-15-23(20)32)8-2-1-3-9-25(33)31-22-7-5-4-6-21(22)29/h3-7,9-16,24,32H,1-2,8,29H2,(H,30,34)(H,31,33)/b9-3+/t24-/m1/s1. The zero-order chi connectivity index (χ0) is 25.2. The molecule has 182 valence electrons. The minimum atomic E-state index is -0.686. The number of aromatic hydroxyl groups is 1. The number of phenols is 1. The van der Waals surface area contributed by atoms with Crippen molar-refractivity contribution in [3.05, 3.63) is 93.4 Å². The number of nitrogens with one attached hydrogen (secondary N) is 2. The van der Waals surface area contributed by atoms with Crippen molar-refractivity contribution in [1.82, 2.24) is 0 Å². The van der Waals surface area contributed by atoms with Gasteiger partial charge in [-0.2, -0.15) is 0 Å². The third kappa shape index (κ3) is 8.45. The van der Waals surface area contributed by atoms with E-state index in [2.05, 4.69) is 42.5 Å². The number of para-hydroxylation sites is 2. The van der Waals surface area contributed by atoms with Gasteiger partial charge in [-0.05, 0) is 79.9 Å². The van der Waals surface area contributed by atoms with Crippen molar-refractivity contribution in [2.45, 2.75) is 25.4 Å². The summed E-state index contributed by atoms with van der Waals surface area (Å²) < 4.78 is 7.31. The van der Waals surface area contributed by atoms with Crippen LogP contribution in [0.3, 0.4) is 0 Å². The lowest BCUT2D eigenvalue weighted by atomic mass is 10.0. The highest BCUT2D eigenvalue weighted by Gasteiger charge is 2.20. The van der Waals surface area contributed by atoms with Crippen molar-refractivity contribution in [2.75, 3.05) is 16.4 Å². The number of ether oxygens (including phenoxy) is 1. The van der Waals surface area contributed by atoms with E-state index < -0.39 is 12.2 Å². The monoisotopic (exact) mass is 601 g/mol. The molecular weight excluding hydrogens is 578 g/mol. The first-order chi connectivity index (χ1) is 16.8. The number of rotatable bonds is 9. The summed E-state index contributed by atoms with van der Waals surface area (Å²) >= 11 is 6.75. The Bertz CT molecular complexity index is 1200. The fourth-order valence-corrected chi connectivity index (χ4v) is 3.91. The van der Waals surface area contributed by atoms with Crippen LogP contribution in [0.2, 0.25) is 0 Å². The predicted molar refractivity (Wildman–Crippen MR) is 145 cm³/mol. The summed E-state index contributed by atoms with van der Waals surface area (Å²) in [5, 5.41) is 15.8. The van der Waals surface area contributed by atoms with Crippen molar-refractivity contribution >= 4 is 60.9 Å². The van der Waals surface area contributed by atoms with Crippen molar-refractivity contribution in [1.29, 1.82) is 0 Å². The Balaban J connectivity index is 1.59. The van der Waals surface area contributed by atoms with Crippen LogP contribution in [0.5, 0.6) is 5.75 Å². The normalized spacial score (nSPS) is 11.7. The van der Waals surface area contributed by atoms with Gasteiger partial charge in [0.25, 0.3) is 0 Å². The van der Waals surface area contributed by atoms with Gasteiger partial charge in [-0.3, -0.25) is 10.1 Å². The Morgan fingerprint density at radius 3 is 2.46 bits per heavy atom. The first-order valence-corrected chi connectivity index (χ1v) is 12.4. The number of benzene rings is 3. The van der Waals surface area contributed by atoms with E-state index in [1.807, 2.05) is 12.1 Å². The Kier molecular flexibility index (Phi) is 9.75. The molecule has 0 aromatic heterocycles. The molecule has 2 amide bonds. The number of anilines is 3. The van der Waals surface area contributed by atoms with Crippen molar-refractivity contribution in [3.63, 3.8) is 0 Å². The molecule has 3 rings (SSSR count). The summed E-state index contributed by atoms with van der Waals surface area (Å²) in [5.41, 5.74) is 7.96. The molecule has 0 aliphatic rings. The van der Waals surface area contributed by atoms with E-state index in [1.54, 1.807) is 60.7 Å². The zero-order valence-corrected chi connectivity index (χ0v) is 21.9. The molecule has 0 saturated heterocycles. The van der Waals surface area contributed by atoms with Gasteiger partial charge in [0.1, 0.15) is 11.9 Å². The van der Waals surface area contributed by atoms with E-state index in [-0.39, 0.29) is 11.7 Å². The number of amides is 2. The van der Waals surface area contributed by atoms with E-state index in [1.165, 1.54) is 6.08 Å². The molecular formula is C26H25Br2N3O4. The van der Waals surface area contributed by atoms with Crippen LogP contribution >= 0.6 is 31.9 Å². The molecule has 3 aromatic carbocycles. The van der Waals surface area contributed by atoms with Crippen LogP contribution in [0.15, 0.2) is 87.8 Å². The number of unbranched alkanes of at least 4 members (excludes halogenated alkanes) is 1. The second-order valence-electron chi connectivity index (χ2n) is 7.64. The van der Waals surface area contributed by atoms with Gasteiger partial charge >= 0.3 is 6.09 Å². The molecule has 0 radical (unpaired) electrons. The lowest BCUT2D eigenvalue weighted by molar-refractivity contribution is -0.111. The Morgan fingerprint density at radius 1 is 1.00 bits per heavy atom. The number of nitrogen functional groups attached to an aromatic ring is 1. The van der Waals surface area contributed by atoms with Crippen LogP contribution in [-0.2, 0) is 9.53 Å². The maximum absolute atomic E-state index is 12.5. The summed E-state index contributed by atoms with van der Waals surface area (Å²) in [4.78, 5) is 24.7. The van der Waals surface area contributed by atoms with Crippen LogP contribution in [0, 0.1) is 0 Å². The van der Waals surface area contributed by atoms with Gasteiger partial charge in [0, 0.05) is 20.2 Å². The van der Waals surface area contributed by atoms with E-state index in [0.717, 1.165) is 8.95 Å². The molecule has 9 heteroatoms. The van der Waals surface area contributed by atoms with Crippen molar-refractivity contribution < 1.29 is 19.4 Å². The largest absolute Gasteiger partial charge is 0.508 e. The number of hydrogen-bond acceptors (Lipinski definition) is 5. The van der Waals surface area contributed by atoms with Gasteiger partial charge in [0.2, 0.25) is 5.91 Å². The highest BCUT2D eigenvalue weighted by Crippen LogP contribution is 2.33. The highest BCUT2D eigenvalue weighted by atomic mass is 79.9. The molecule has 0 spiro atoms. The third-order valence-corrected chi connectivity index (χ3v) is 6.02. The molecule has 7 nitrogen and oxygen atoms in total. The van der Waals surface area contributed by atoms with Crippen LogP contribution in [0.25, 0.3) is 0 Å². The lowest BCUT2D eigenvalue weighted by Crippen LogP contribution is -2.18. The van der Waals surface area contributed by atoms with E-state index >= 15 is 0 Å². The number of carbonyl (C=O) groups excluding carboxylic acids is 2. The molecule has 0 fully saturated rings. The maximum Gasteiger partial charge on any atom is 0.412 e. The number of phenolic OH excluding ortho intramolecular Hbond substituents is 1. The Morgan fingerprint density at radius 2 is 1.71 bits per heavy atom. The quantitative estimate of drug-likeness (QED) is 0.118. The van der Waals surface area contributed by atoms with Crippen LogP contribution < -0.4 is 16.4 Å². The van der Waals surface area contributed by atoms with Gasteiger partial charge in [-0.15, -0.1) is 0 Å². The molecule has 5 N–H and O–H groups in total. The second kappa shape index (κ2) is 13.0. The van der Waals surface area contributed by atoms with Crippen LogP contribution in [-0.4, -0.2) is 17.1 Å². The molecule has 0 heterocycles. The average molecular weight is 603 g/mol. The van der Waals surface area contributed by atoms with Crippen molar-refractivity contribution in [2.24, 2.45) is 0 Å². The van der Waals surface area contributed by atoms with Crippen LogP contribution in [0.1, 0.15) is 30.9 Å². The lowest BCUT2D eigenvalue weighted by Gasteiger charge is -2.20. The summed E-state index contributed by atoms with van der Waals surface area (Å²) in [6, 6.07) is 19.1. The number of carbonyl (C=O) groups is 2. The van der Waals surface area contributed by atoms with Gasteiger partial charge in [-0.1, -0.05) is 50.1 Å². The molecule has 0 aliphatic carbocycles. The summed E-state index contributed by atoms with van der Waals surface area (Å²) in [6.07, 6.45) is 3.49. The molecule has 0 aliphatic heterocycles. The highest BCUT2D eigenvalue weighted by molar-refractivity contribution is 9.10. The Labute approximate surface area is 220 Å². The van der Waals surface area contributed by atoms with Gasteiger partial charge in [0.15, 0.2) is 0 Å².